The highest BCUT2D eigenvalue weighted by Crippen LogP contribution is 2.18. The van der Waals surface area contributed by atoms with E-state index < -0.39 is 0 Å². The minimum atomic E-state index is -0.100. The van der Waals surface area contributed by atoms with Gasteiger partial charge in [0.15, 0.2) is 5.82 Å². The summed E-state index contributed by atoms with van der Waals surface area (Å²) in [5.74, 6) is 0.483. The Morgan fingerprint density at radius 2 is 1.80 bits per heavy atom. The van der Waals surface area contributed by atoms with Gasteiger partial charge in [0.2, 0.25) is 5.91 Å². The van der Waals surface area contributed by atoms with Crippen LogP contribution in [0.3, 0.4) is 0 Å². The molecule has 0 atom stereocenters. The maximum Gasteiger partial charge on any atom is 0.294 e. The molecule has 2 fully saturated rings. The minimum absolute atomic E-state index is 0.0319. The van der Waals surface area contributed by atoms with Gasteiger partial charge in [-0.05, 0) is 31.4 Å². The summed E-state index contributed by atoms with van der Waals surface area (Å²) in [5.41, 5.74) is 1.48. The highest BCUT2D eigenvalue weighted by molar-refractivity contribution is 5.78. The van der Waals surface area contributed by atoms with Crippen LogP contribution < -0.4 is 15.8 Å². The lowest BCUT2D eigenvalue weighted by atomic mass is 10.1. The lowest BCUT2D eigenvalue weighted by molar-refractivity contribution is -0.121. The number of anilines is 1. The van der Waals surface area contributed by atoms with Gasteiger partial charge in [0, 0.05) is 52.2 Å². The Hall–Kier alpha value is -2.45. The van der Waals surface area contributed by atoms with Gasteiger partial charge in [-0.3, -0.25) is 14.5 Å². The van der Waals surface area contributed by atoms with Gasteiger partial charge in [0.1, 0.15) is 0 Å². The van der Waals surface area contributed by atoms with Crippen LogP contribution in [0.25, 0.3) is 11.0 Å². The summed E-state index contributed by atoms with van der Waals surface area (Å²) in [6.07, 6.45) is 3.64. The van der Waals surface area contributed by atoms with Crippen LogP contribution in [-0.2, 0) is 16.1 Å². The Labute approximate surface area is 176 Å². The van der Waals surface area contributed by atoms with Gasteiger partial charge in [0.05, 0.1) is 24.2 Å². The fourth-order valence-corrected chi connectivity index (χ4v) is 4.19. The van der Waals surface area contributed by atoms with E-state index >= 15 is 0 Å². The number of piperidine rings is 1. The molecule has 0 radical (unpaired) electrons. The molecule has 0 spiro atoms. The fourth-order valence-electron chi connectivity index (χ4n) is 4.19. The SMILES string of the molecule is O=C(CCn1c(=O)c(N2CCCCC2)nc2ccccc21)NCCN1CCOCC1. The second kappa shape index (κ2) is 10.0. The first-order chi connectivity index (χ1) is 14.7. The number of ether oxygens (including phenoxy) is 1. The van der Waals surface area contributed by atoms with Crippen molar-refractivity contribution in [1.82, 2.24) is 19.8 Å². The Morgan fingerprint density at radius 1 is 1.03 bits per heavy atom. The molecule has 2 aliphatic heterocycles. The molecule has 2 aromatic rings. The molecule has 0 aliphatic carbocycles. The summed E-state index contributed by atoms with van der Waals surface area (Å²) in [6, 6.07) is 7.67. The zero-order chi connectivity index (χ0) is 20.8. The first kappa shape index (κ1) is 20.8. The summed E-state index contributed by atoms with van der Waals surface area (Å²) in [4.78, 5) is 34.7. The summed E-state index contributed by atoms with van der Waals surface area (Å²) < 4.78 is 7.06. The number of carbonyl (C=O) groups is 1. The third kappa shape index (κ3) is 4.99. The van der Waals surface area contributed by atoms with Crippen LogP contribution in [0.5, 0.6) is 0 Å². The van der Waals surface area contributed by atoms with Gasteiger partial charge in [-0.15, -0.1) is 0 Å². The van der Waals surface area contributed by atoms with Crippen LogP contribution in [0.1, 0.15) is 25.7 Å². The molecule has 0 saturated carbocycles. The molecule has 2 aliphatic rings. The summed E-state index contributed by atoms with van der Waals surface area (Å²) in [7, 11) is 0. The van der Waals surface area contributed by atoms with Crippen molar-refractivity contribution in [3.8, 4) is 0 Å². The van der Waals surface area contributed by atoms with E-state index in [9.17, 15) is 9.59 Å². The van der Waals surface area contributed by atoms with Crippen LogP contribution in [0.15, 0.2) is 29.1 Å². The molecule has 1 aromatic heterocycles. The topological polar surface area (TPSA) is 79.7 Å². The average molecular weight is 414 g/mol. The largest absolute Gasteiger partial charge is 0.379 e. The van der Waals surface area contributed by atoms with E-state index in [2.05, 4.69) is 20.1 Å². The van der Waals surface area contributed by atoms with Crippen LogP contribution in [-0.4, -0.2) is 72.8 Å². The molecule has 8 heteroatoms. The lowest BCUT2D eigenvalue weighted by Crippen LogP contribution is -2.41. The molecule has 2 saturated heterocycles. The Kier molecular flexibility index (Phi) is 6.96. The van der Waals surface area contributed by atoms with Crippen molar-refractivity contribution < 1.29 is 9.53 Å². The molecule has 30 heavy (non-hydrogen) atoms. The molecule has 0 bridgehead atoms. The van der Waals surface area contributed by atoms with E-state index in [0.29, 0.717) is 18.9 Å². The normalized spacial score (nSPS) is 17.9. The molecule has 4 rings (SSSR count). The van der Waals surface area contributed by atoms with E-state index in [4.69, 9.17) is 4.74 Å². The number of aromatic nitrogens is 2. The number of hydrogen-bond donors (Lipinski definition) is 1. The van der Waals surface area contributed by atoms with Crippen molar-refractivity contribution in [2.24, 2.45) is 0 Å². The number of fused-ring (bicyclic) bond motifs is 1. The highest BCUT2D eigenvalue weighted by Gasteiger charge is 2.19. The number of aryl methyl sites for hydroxylation is 1. The van der Waals surface area contributed by atoms with Gasteiger partial charge in [0.25, 0.3) is 5.56 Å². The molecule has 8 nitrogen and oxygen atoms in total. The Bertz CT molecular complexity index is 917. The minimum Gasteiger partial charge on any atom is -0.379 e. The smallest absolute Gasteiger partial charge is 0.294 e. The first-order valence-corrected chi connectivity index (χ1v) is 11.0. The molecule has 3 heterocycles. The van der Waals surface area contributed by atoms with E-state index in [1.165, 1.54) is 6.42 Å². The Balaban J connectivity index is 1.42. The van der Waals surface area contributed by atoms with Gasteiger partial charge < -0.3 is 19.5 Å². The number of para-hydroxylation sites is 2. The predicted molar refractivity (Wildman–Crippen MR) is 117 cm³/mol. The molecule has 1 N–H and O–H groups in total. The molecular weight excluding hydrogens is 382 g/mol. The van der Waals surface area contributed by atoms with E-state index in [1.54, 1.807) is 4.57 Å². The van der Waals surface area contributed by atoms with E-state index in [-0.39, 0.29) is 17.9 Å². The van der Waals surface area contributed by atoms with Crippen molar-refractivity contribution >= 4 is 22.8 Å². The summed E-state index contributed by atoms with van der Waals surface area (Å²) in [6.45, 7) is 6.85. The number of nitrogens with zero attached hydrogens (tertiary/aromatic N) is 4. The van der Waals surface area contributed by atoms with Crippen molar-refractivity contribution in [3.63, 3.8) is 0 Å². The molecule has 1 aromatic carbocycles. The van der Waals surface area contributed by atoms with E-state index in [1.807, 2.05) is 24.3 Å². The van der Waals surface area contributed by atoms with Gasteiger partial charge >= 0.3 is 0 Å². The molecule has 0 unspecified atom stereocenters. The monoisotopic (exact) mass is 413 g/mol. The number of hydrogen-bond acceptors (Lipinski definition) is 6. The van der Waals surface area contributed by atoms with Crippen molar-refractivity contribution in [1.29, 1.82) is 0 Å². The zero-order valence-corrected chi connectivity index (χ0v) is 17.5. The number of rotatable bonds is 7. The number of amides is 1. The third-order valence-corrected chi connectivity index (χ3v) is 5.91. The van der Waals surface area contributed by atoms with Crippen LogP contribution in [0, 0.1) is 0 Å². The second-order valence-corrected chi connectivity index (χ2v) is 7.98. The van der Waals surface area contributed by atoms with Gasteiger partial charge in [-0.2, -0.15) is 0 Å². The molecule has 162 valence electrons. The second-order valence-electron chi connectivity index (χ2n) is 7.98. The van der Waals surface area contributed by atoms with Crippen LogP contribution in [0.4, 0.5) is 5.82 Å². The van der Waals surface area contributed by atoms with Gasteiger partial charge in [-0.1, -0.05) is 12.1 Å². The molecular formula is C22H31N5O3. The molecule has 1 amide bonds. The van der Waals surface area contributed by atoms with Crippen molar-refractivity contribution in [2.75, 3.05) is 57.4 Å². The lowest BCUT2D eigenvalue weighted by Gasteiger charge is -2.28. The predicted octanol–water partition coefficient (Wildman–Crippen LogP) is 1.23. The zero-order valence-electron chi connectivity index (χ0n) is 17.5. The number of benzene rings is 1. The number of carbonyl (C=O) groups excluding carboxylic acids is 1. The van der Waals surface area contributed by atoms with Gasteiger partial charge in [-0.25, -0.2) is 4.98 Å². The standard InChI is InChI=1S/C22H31N5O3/c28-20(23-9-13-25-14-16-30-17-15-25)8-12-27-19-7-3-2-6-18(19)24-21(22(27)29)26-10-4-1-5-11-26/h2-3,6-7H,1,4-5,8-17H2,(H,23,28). The maximum absolute atomic E-state index is 13.2. The number of nitrogens with one attached hydrogen (secondary N) is 1. The quantitative estimate of drug-likeness (QED) is 0.735. The maximum atomic E-state index is 13.2. The van der Waals surface area contributed by atoms with Crippen molar-refractivity contribution in [2.45, 2.75) is 32.2 Å². The summed E-state index contributed by atoms with van der Waals surface area (Å²) >= 11 is 0. The fraction of sp³-hybridized carbons (Fsp3) is 0.591. The summed E-state index contributed by atoms with van der Waals surface area (Å²) in [5, 5.41) is 2.98. The third-order valence-electron chi connectivity index (χ3n) is 5.91. The highest BCUT2D eigenvalue weighted by atomic mass is 16.5. The average Bonchev–Trinajstić information content (AvgIpc) is 2.79. The van der Waals surface area contributed by atoms with Crippen molar-refractivity contribution in [3.05, 3.63) is 34.6 Å². The Morgan fingerprint density at radius 3 is 2.60 bits per heavy atom. The number of morpholine rings is 1. The van der Waals surface area contributed by atoms with Crippen LogP contribution in [0.2, 0.25) is 0 Å². The van der Waals surface area contributed by atoms with E-state index in [0.717, 1.165) is 69.8 Å². The van der Waals surface area contributed by atoms with Crippen LogP contribution >= 0.6 is 0 Å². The first-order valence-electron chi connectivity index (χ1n) is 11.0.